The molecule has 0 amide bonds. The molecule has 0 aliphatic carbocycles. The molecular formula is C10H17N3O. The van der Waals surface area contributed by atoms with Gasteiger partial charge in [-0.3, -0.25) is 0 Å². The third-order valence-corrected chi connectivity index (χ3v) is 2.14. The van der Waals surface area contributed by atoms with Crippen molar-refractivity contribution in [2.45, 2.75) is 39.3 Å². The zero-order valence-corrected chi connectivity index (χ0v) is 8.95. The van der Waals surface area contributed by atoms with Crippen LogP contribution in [0.25, 0.3) is 0 Å². The van der Waals surface area contributed by atoms with Gasteiger partial charge in [-0.1, -0.05) is 6.92 Å². The minimum Gasteiger partial charge on any atom is -0.471 e. The summed E-state index contributed by atoms with van der Waals surface area (Å²) in [5.74, 6) is 0.550. The van der Waals surface area contributed by atoms with Gasteiger partial charge in [0.1, 0.15) is 5.60 Å². The number of hydrogen-bond donors (Lipinski definition) is 1. The zero-order chi connectivity index (χ0) is 10.6. The molecule has 1 rings (SSSR count). The molecule has 0 aliphatic rings. The van der Waals surface area contributed by atoms with Crippen molar-refractivity contribution >= 4 is 0 Å². The smallest absolute Gasteiger partial charge is 0.233 e. The lowest BCUT2D eigenvalue weighted by Crippen LogP contribution is -2.27. The maximum atomic E-state index is 5.64. The van der Waals surface area contributed by atoms with E-state index in [1.807, 2.05) is 19.9 Å². The van der Waals surface area contributed by atoms with Gasteiger partial charge in [-0.25, -0.2) is 0 Å². The minimum atomic E-state index is -0.196. The average molecular weight is 195 g/mol. The van der Waals surface area contributed by atoms with Crippen molar-refractivity contribution in [3.63, 3.8) is 0 Å². The molecule has 0 saturated carbocycles. The molecule has 0 unspecified atom stereocenters. The first-order valence-electron chi connectivity index (χ1n) is 4.79. The van der Waals surface area contributed by atoms with Crippen LogP contribution in [0.5, 0.6) is 5.88 Å². The van der Waals surface area contributed by atoms with Crippen molar-refractivity contribution < 1.29 is 4.74 Å². The molecule has 0 radical (unpaired) electrons. The summed E-state index contributed by atoms with van der Waals surface area (Å²) in [5, 5.41) is 7.85. The number of nitrogens with zero attached hydrogens (tertiary/aromatic N) is 2. The van der Waals surface area contributed by atoms with E-state index in [0.717, 1.165) is 12.1 Å². The molecule has 4 nitrogen and oxygen atoms in total. The fraction of sp³-hybridized carbons (Fsp3) is 0.600. The van der Waals surface area contributed by atoms with Crippen LogP contribution >= 0.6 is 0 Å². The fourth-order valence-electron chi connectivity index (χ4n) is 0.866. The van der Waals surface area contributed by atoms with Crippen LogP contribution in [0.15, 0.2) is 12.1 Å². The summed E-state index contributed by atoms with van der Waals surface area (Å²) in [6, 6.07) is 3.63. The molecule has 2 N–H and O–H groups in total. The Morgan fingerprint density at radius 1 is 1.36 bits per heavy atom. The first kappa shape index (κ1) is 10.9. The number of aromatic nitrogens is 2. The van der Waals surface area contributed by atoms with Gasteiger partial charge in [0.25, 0.3) is 0 Å². The lowest BCUT2D eigenvalue weighted by Gasteiger charge is -2.23. The fourth-order valence-corrected chi connectivity index (χ4v) is 0.866. The van der Waals surface area contributed by atoms with Gasteiger partial charge in [-0.15, -0.1) is 5.10 Å². The quantitative estimate of drug-likeness (QED) is 0.791. The largest absolute Gasteiger partial charge is 0.471 e. The van der Waals surface area contributed by atoms with E-state index in [0.29, 0.717) is 12.4 Å². The monoisotopic (exact) mass is 195 g/mol. The van der Waals surface area contributed by atoms with Crippen LogP contribution < -0.4 is 10.5 Å². The molecule has 0 aromatic carbocycles. The summed E-state index contributed by atoms with van der Waals surface area (Å²) in [6.45, 7) is 6.52. The Morgan fingerprint density at radius 3 is 2.50 bits per heavy atom. The van der Waals surface area contributed by atoms with E-state index >= 15 is 0 Å². The predicted molar refractivity (Wildman–Crippen MR) is 54.9 cm³/mol. The van der Waals surface area contributed by atoms with Gasteiger partial charge in [0.2, 0.25) is 5.88 Å². The van der Waals surface area contributed by atoms with Crippen LogP contribution in [0.2, 0.25) is 0 Å². The van der Waals surface area contributed by atoms with E-state index in [4.69, 9.17) is 10.5 Å². The molecule has 1 aromatic rings. The molecule has 1 heterocycles. The third kappa shape index (κ3) is 2.96. The summed E-state index contributed by atoms with van der Waals surface area (Å²) in [7, 11) is 0. The molecule has 0 saturated heterocycles. The summed E-state index contributed by atoms with van der Waals surface area (Å²) in [6.07, 6.45) is 0.924. The van der Waals surface area contributed by atoms with Gasteiger partial charge < -0.3 is 10.5 Å². The highest BCUT2D eigenvalue weighted by Gasteiger charge is 2.17. The van der Waals surface area contributed by atoms with Gasteiger partial charge in [-0.05, 0) is 26.3 Å². The number of nitrogens with two attached hydrogens (primary N) is 1. The highest BCUT2D eigenvalue weighted by Crippen LogP contribution is 2.17. The van der Waals surface area contributed by atoms with Crippen LogP contribution in [-0.2, 0) is 6.54 Å². The van der Waals surface area contributed by atoms with E-state index in [1.165, 1.54) is 0 Å². The van der Waals surface area contributed by atoms with Crippen LogP contribution in [0.4, 0.5) is 0 Å². The third-order valence-electron chi connectivity index (χ3n) is 2.14. The second-order valence-electron chi connectivity index (χ2n) is 3.78. The van der Waals surface area contributed by atoms with Crippen molar-refractivity contribution in [2.24, 2.45) is 5.73 Å². The minimum absolute atomic E-state index is 0.196. The SMILES string of the molecule is CCC(C)(C)Oc1ccc(CN)nn1. The molecule has 78 valence electrons. The Kier molecular flexibility index (Phi) is 3.41. The van der Waals surface area contributed by atoms with Gasteiger partial charge in [0, 0.05) is 12.6 Å². The van der Waals surface area contributed by atoms with Crippen molar-refractivity contribution in [1.82, 2.24) is 10.2 Å². The van der Waals surface area contributed by atoms with Crippen LogP contribution in [-0.4, -0.2) is 15.8 Å². The van der Waals surface area contributed by atoms with E-state index < -0.39 is 0 Å². The number of hydrogen-bond acceptors (Lipinski definition) is 4. The van der Waals surface area contributed by atoms with Gasteiger partial charge in [0.15, 0.2) is 0 Å². The van der Waals surface area contributed by atoms with Crippen LogP contribution in [0, 0.1) is 0 Å². The maximum Gasteiger partial charge on any atom is 0.233 e. The maximum absolute atomic E-state index is 5.64. The standard InChI is InChI=1S/C10H17N3O/c1-4-10(2,3)14-9-6-5-8(7-11)12-13-9/h5-6H,4,7,11H2,1-3H3. The molecule has 0 bridgehead atoms. The van der Waals surface area contributed by atoms with Crippen molar-refractivity contribution in [3.05, 3.63) is 17.8 Å². The van der Waals surface area contributed by atoms with Gasteiger partial charge >= 0.3 is 0 Å². The summed E-state index contributed by atoms with van der Waals surface area (Å²) >= 11 is 0. The topological polar surface area (TPSA) is 61.0 Å². The first-order valence-corrected chi connectivity index (χ1v) is 4.79. The Hall–Kier alpha value is -1.16. The Bertz CT molecular complexity index is 282. The molecular weight excluding hydrogens is 178 g/mol. The lowest BCUT2D eigenvalue weighted by atomic mass is 10.1. The van der Waals surface area contributed by atoms with E-state index in [2.05, 4.69) is 17.1 Å². The Morgan fingerprint density at radius 2 is 2.07 bits per heavy atom. The second-order valence-corrected chi connectivity index (χ2v) is 3.78. The van der Waals surface area contributed by atoms with E-state index in [1.54, 1.807) is 6.07 Å². The first-order chi connectivity index (χ1) is 6.57. The second kappa shape index (κ2) is 4.37. The van der Waals surface area contributed by atoms with Crippen molar-refractivity contribution in [3.8, 4) is 5.88 Å². The molecule has 0 fully saturated rings. The van der Waals surface area contributed by atoms with Crippen molar-refractivity contribution in [2.75, 3.05) is 0 Å². The highest BCUT2D eigenvalue weighted by atomic mass is 16.5. The summed E-state index contributed by atoms with van der Waals surface area (Å²) < 4.78 is 5.64. The molecule has 14 heavy (non-hydrogen) atoms. The van der Waals surface area contributed by atoms with E-state index in [-0.39, 0.29) is 5.60 Å². The molecule has 0 spiro atoms. The normalized spacial score (nSPS) is 11.4. The molecule has 4 heteroatoms. The molecule has 0 aliphatic heterocycles. The number of rotatable bonds is 4. The summed E-state index contributed by atoms with van der Waals surface area (Å²) in [5.41, 5.74) is 5.98. The Balaban J connectivity index is 2.69. The highest BCUT2D eigenvalue weighted by molar-refractivity contribution is 5.12. The lowest BCUT2D eigenvalue weighted by molar-refractivity contribution is 0.0975. The molecule has 1 aromatic heterocycles. The van der Waals surface area contributed by atoms with Gasteiger partial charge in [0.05, 0.1) is 5.69 Å². The average Bonchev–Trinajstić information content (AvgIpc) is 2.19. The number of ether oxygens (including phenoxy) is 1. The van der Waals surface area contributed by atoms with Crippen LogP contribution in [0.1, 0.15) is 32.9 Å². The predicted octanol–water partition coefficient (Wildman–Crippen LogP) is 1.50. The van der Waals surface area contributed by atoms with Crippen LogP contribution in [0.3, 0.4) is 0 Å². The zero-order valence-electron chi connectivity index (χ0n) is 8.95. The van der Waals surface area contributed by atoms with Gasteiger partial charge in [-0.2, -0.15) is 5.10 Å². The Labute approximate surface area is 84.5 Å². The van der Waals surface area contributed by atoms with E-state index in [9.17, 15) is 0 Å². The molecule has 0 atom stereocenters. The summed E-state index contributed by atoms with van der Waals surface area (Å²) in [4.78, 5) is 0. The van der Waals surface area contributed by atoms with Crippen molar-refractivity contribution in [1.29, 1.82) is 0 Å².